The van der Waals surface area contributed by atoms with E-state index in [-0.39, 0.29) is 17.7 Å². The molecule has 0 aromatic rings. The number of hydrogen-bond acceptors (Lipinski definition) is 3. The van der Waals surface area contributed by atoms with Crippen LogP contribution >= 0.6 is 0 Å². The van der Waals surface area contributed by atoms with Crippen LogP contribution in [0.15, 0.2) is 0 Å². The largest absolute Gasteiger partial charge is 0.316 e. The Kier molecular flexibility index (Phi) is 5.51. The summed E-state index contributed by atoms with van der Waals surface area (Å²) < 4.78 is 25.2. The van der Waals surface area contributed by atoms with E-state index in [2.05, 4.69) is 10.0 Å². The Morgan fingerprint density at radius 2 is 1.77 bits per heavy atom. The average molecular weight is 208 g/mol. The van der Waals surface area contributed by atoms with E-state index in [4.69, 9.17) is 0 Å². The van der Waals surface area contributed by atoms with Crippen molar-refractivity contribution in [3.63, 3.8) is 0 Å². The zero-order valence-electron chi connectivity index (χ0n) is 8.79. The summed E-state index contributed by atoms with van der Waals surface area (Å²) in [6.07, 6.45) is 0. The van der Waals surface area contributed by atoms with Crippen LogP contribution in [0.2, 0.25) is 0 Å². The lowest BCUT2D eigenvalue weighted by atomic mass is 10.3. The van der Waals surface area contributed by atoms with Gasteiger partial charge in [-0.2, -0.15) is 0 Å². The van der Waals surface area contributed by atoms with Gasteiger partial charge in [-0.1, -0.05) is 13.8 Å². The highest BCUT2D eigenvalue weighted by atomic mass is 32.2. The molecule has 1 unspecified atom stereocenters. The summed E-state index contributed by atoms with van der Waals surface area (Å²) in [7, 11) is -1.27. The molecular weight excluding hydrogens is 188 g/mol. The number of hydrogen-bond donors (Lipinski definition) is 2. The second-order valence-electron chi connectivity index (χ2n) is 3.71. The maximum atomic E-state index is 11.3. The van der Waals surface area contributed by atoms with E-state index in [1.54, 1.807) is 7.05 Å². The third-order valence-corrected chi connectivity index (χ3v) is 3.37. The van der Waals surface area contributed by atoms with Gasteiger partial charge in [0.15, 0.2) is 0 Å². The fraction of sp³-hybridized carbons (Fsp3) is 1.00. The fourth-order valence-electron chi connectivity index (χ4n) is 0.852. The van der Waals surface area contributed by atoms with Crippen molar-refractivity contribution in [3.05, 3.63) is 0 Å². The van der Waals surface area contributed by atoms with Crippen LogP contribution in [0.25, 0.3) is 0 Å². The van der Waals surface area contributed by atoms with E-state index in [1.807, 2.05) is 20.8 Å². The van der Waals surface area contributed by atoms with E-state index >= 15 is 0 Å². The minimum absolute atomic E-state index is 0.168. The number of sulfonamides is 1. The lowest BCUT2D eigenvalue weighted by Crippen LogP contribution is -2.38. The van der Waals surface area contributed by atoms with Crippen molar-refractivity contribution in [2.45, 2.75) is 26.8 Å². The van der Waals surface area contributed by atoms with E-state index in [0.717, 1.165) is 0 Å². The Morgan fingerprint density at radius 3 is 2.15 bits per heavy atom. The van der Waals surface area contributed by atoms with Gasteiger partial charge in [-0.3, -0.25) is 0 Å². The maximum Gasteiger partial charge on any atom is 0.211 e. The maximum absolute atomic E-state index is 11.3. The molecule has 0 aliphatic heterocycles. The minimum atomic E-state index is -3.08. The highest BCUT2D eigenvalue weighted by molar-refractivity contribution is 7.89. The smallest absolute Gasteiger partial charge is 0.211 e. The molecule has 0 spiro atoms. The molecule has 0 saturated carbocycles. The summed E-state index contributed by atoms with van der Waals surface area (Å²) in [6, 6.07) is 0.168. The van der Waals surface area contributed by atoms with Gasteiger partial charge >= 0.3 is 0 Å². The number of rotatable bonds is 6. The molecule has 0 aromatic carbocycles. The fourth-order valence-corrected chi connectivity index (χ4v) is 2.35. The van der Waals surface area contributed by atoms with Crippen LogP contribution in [0, 0.1) is 5.92 Å². The van der Waals surface area contributed by atoms with E-state index in [1.165, 1.54) is 0 Å². The Morgan fingerprint density at radius 1 is 1.23 bits per heavy atom. The standard InChI is InChI=1S/C8H20N2O2S/c1-7(2)6-13(11,12)10-5-8(3)9-4/h7-10H,5-6H2,1-4H3. The van der Waals surface area contributed by atoms with Gasteiger partial charge in [-0.15, -0.1) is 0 Å². The molecule has 0 rings (SSSR count). The molecule has 0 amide bonds. The molecule has 0 aliphatic rings. The molecule has 80 valence electrons. The Balaban J connectivity index is 3.90. The molecule has 0 radical (unpaired) electrons. The van der Waals surface area contributed by atoms with Gasteiger partial charge in [0.1, 0.15) is 0 Å². The van der Waals surface area contributed by atoms with Crippen LogP contribution in [0.3, 0.4) is 0 Å². The molecule has 4 nitrogen and oxygen atoms in total. The van der Waals surface area contributed by atoms with Crippen molar-refractivity contribution in [3.8, 4) is 0 Å². The monoisotopic (exact) mass is 208 g/mol. The Bertz CT molecular complexity index is 224. The first-order valence-electron chi connectivity index (χ1n) is 4.52. The van der Waals surface area contributed by atoms with Crippen LogP contribution in [0.1, 0.15) is 20.8 Å². The van der Waals surface area contributed by atoms with Gasteiger partial charge in [0.2, 0.25) is 10.0 Å². The van der Waals surface area contributed by atoms with E-state index in [0.29, 0.717) is 6.54 Å². The van der Waals surface area contributed by atoms with Gasteiger partial charge in [-0.25, -0.2) is 13.1 Å². The molecule has 0 saturated heterocycles. The third kappa shape index (κ3) is 6.98. The summed E-state index contributed by atoms with van der Waals surface area (Å²) in [6.45, 7) is 6.16. The number of likely N-dealkylation sites (N-methyl/N-ethyl adjacent to an activating group) is 1. The van der Waals surface area contributed by atoms with Crippen molar-refractivity contribution in [2.75, 3.05) is 19.3 Å². The Labute approximate surface area is 81.2 Å². The van der Waals surface area contributed by atoms with Crippen molar-refractivity contribution < 1.29 is 8.42 Å². The zero-order valence-corrected chi connectivity index (χ0v) is 9.61. The molecule has 13 heavy (non-hydrogen) atoms. The highest BCUT2D eigenvalue weighted by Gasteiger charge is 2.12. The first-order valence-corrected chi connectivity index (χ1v) is 6.17. The first kappa shape index (κ1) is 12.9. The van der Waals surface area contributed by atoms with Crippen molar-refractivity contribution >= 4 is 10.0 Å². The lowest BCUT2D eigenvalue weighted by Gasteiger charge is -2.12. The SMILES string of the molecule is CNC(C)CNS(=O)(=O)CC(C)C. The summed E-state index contributed by atoms with van der Waals surface area (Å²) in [5, 5.41) is 2.96. The lowest BCUT2D eigenvalue weighted by molar-refractivity contribution is 0.545. The van der Waals surface area contributed by atoms with Crippen molar-refractivity contribution in [1.82, 2.24) is 10.0 Å². The second-order valence-corrected chi connectivity index (χ2v) is 5.56. The highest BCUT2D eigenvalue weighted by Crippen LogP contribution is 1.97. The van der Waals surface area contributed by atoms with Crippen LogP contribution in [-0.2, 0) is 10.0 Å². The molecule has 0 aromatic heterocycles. The molecule has 2 N–H and O–H groups in total. The summed E-state index contributed by atoms with van der Waals surface area (Å²) in [4.78, 5) is 0. The van der Waals surface area contributed by atoms with Crippen LogP contribution in [-0.4, -0.2) is 33.8 Å². The quantitative estimate of drug-likeness (QED) is 0.654. The van der Waals surface area contributed by atoms with Crippen molar-refractivity contribution in [1.29, 1.82) is 0 Å². The van der Waals surface area contributed by atoms with Gasteiger partial charge < -0.3 is 5.32 Å². The van der Waals surface area contributed by atoms with Gasteiger partial charge in [0.05, 0.1) is 5.75 Å². The van der Waals surface area contributed by atoms with Gasteiger partial charge in [-0.05, 0) is 19.9 Å². The summed E-state index contributed by atoms with van der Waals surface area (Å²) >= 11 is 0. The predicted molar refractivity (Wildman–Crippen MR) is 55.1 cm³/mol. The first-order chi connectivity index (χ1) is 5.87. The second kappa shape index (κ2) is 5.57. The minimum Gasteiger partial charge on any atom is -0.316 e. The van der Waals surface area contributed by atoms with Crippen LogP contribution in [0.4, 0.5) is 0 Å². The predicted octanol–water partition coefficient (Wildman–Crippen LogP) is 0.170. The summed E-state index contributed by atoms with van der Waals surface area (Å²) in [5.41, 5.74) is 0. The molecule has 0 aliphatic carbocycles. The zero-order chi connectivity index (χ0) is 10.5. The van der Waals surface area contributed by atoms with Gasteiger partial charge in [0, 0.05) is 12.6 Å². The summed E-state index contributed by atoms with van der Waals surface area (Å²) in [5.74, 6) is 0.367. The van der Waals surface area contributed by atoms with E-state index in [9.17, 15) is 8.42 Å². The van der Waals surface area contributed by atoms with E-state index < -0.39 is 10.0 Å². The third-order valence-electron chi connectivity index (χ3n) is 1.65. The van der Waals surface area contributed by atoms with Gasteiger partial charge in [0.25, 0.3) is 0 Å². The topological polar surface area (TPSA) is 58.2 Å². The molecular formula is C8H20N2O2S. The molecule has 1 atom stereocenters. The van der Waals surface area contributed by atoms with Crippen LogP contribution < -0.4 is 10.0 Å². The molecule has 0 fully saturated rings. The van der Waals surface area contributed by atoms with Crippen molar-refractivity contribution in [2.24, 2.45) is 5.92 Å². The molecule has 5 heteroatoms. The molecule has 0 heterocycles. The Hall–Kier alpha value is -0.130. The molecule has 0 bridgehead atoms. The normalized spacial score (nSPS) is 14.8. The van der Waals surface area contributed by atoms with Crippen LogP contribution in [0.5, 0.6) is 0 Å². The number of nitrogens with one attached hydrogen (secondary N) is 2. The average Bonchev–Trinajstić information content (AvgIpc) is 1.98.